The molecule has 0 bridgehead atoms. The molecule has 5 heteroatoms. The number of Topliss-reactive ketones (excluding diaryl/α,β-unsaturated/α-hetero) is 1. The fourth-order valence-electron chi connectivity index (χ4n) is 1.45. The Morgan fingerprint density at radius 2 is 2.24 bits per heavy atom. The van der Waals surface area contributed by atoms with Crippen LogP contribution in [0.15, 0.2) is 10.9 Å². The molecule has 0 unspecified atom stereocenters. The highest BCUT2D eigenvalue weighted by Gasteiger charge is 2.14. The number of nitrogens with one attached hydrogen (secondary N) is 1. The Hall–Kier alpha value is -1.93. The molecule has 0 amide bonds. The first-order valence-electron chi connectivity index (χ1n) is 5.41. The SMILES string of the molecule is CCOCC(=O)c1cc(C#N)c(=O)[nH]c1CC. The number of aromatic amines is 1. The minimum absolute atomic E-state index is 0.0413. The quantitative estimate of drug-likeness (QED) is 0.771. The maximum Gasteiger partial charge on any atom is 0.266 e. The molecule has 0 radical (unpaired) electrons. The van der Waals surface area contributed by atoms with Crippen LogP contribution in [-0.4, -0.2) is 24.0 Å². The topological polar surface area (TPSA) is 82.9 Å². The zero-order valence-electron chi connectivity index (χ0n) is 9.87. The van der Waals surface area contributed by atoms with Gasteiger partial charge in [-0.15, -0.1) is 0 Å². The Morgan fingerprint density at radius 3 is 2.76 bits per heavy atom. The third kappa shape index (κ3) is 3.02. The van der Waals surface area contributed by atoms with Gasteiger partial charge in [-0.1, -0.05) is 6.92 Å². The van der Waals surface area contributed by atoms with Crippen LogP contribution in [0.3, 0.4) is 0 Å². The summed E-state index contributed by atoms with van der Waals surface area (Å²) in [5.41, 5.74) is 0.384. The van der Waals surface area contributed by atoms with Crippen molar-refractivity contribution in [3.8, 4) is 6.07 Å². The number of carbonyl (C=O) groups excluding carboxylic acids is 1. The van der Waals surface area contributed by atoms with Crippen LogP contribution in [0, 0.1) is 11.3 Å². The van der Waals surface area contributed by atoms with Crippen molar-refractivity contribution in [3.05, 3.63) is 33.2 Å². The third-order valence-corrected chi connectivity index (χ3v) is 2.33. The normalized spacial score (nSPS) is 9.94. The largest absolute Gasteiger partial charge is 0.374 e. The number of carbonyl (C=O) groups is 1. The van der Waals surface area contributed by atoms with E-state index in [-0.39, 0.29) is 18.0 Å². The fourth-order valence-corrected chi connectivity index (χ4v) is 1.45. The molecule has 0 aromatic carbocycles. The molecule has 1 aromatic heterocycles. The first kappa shape index (κ1) is 13.1. The van der Waals surface area contributed by atoms with Gasteiger partial charge < -0.3 is 9.72 Å². The van der Waals surface area contributed by atoms with Crippen molar-refractivity contribution in [2.45, 2.75) is 20.3 Å². The lowest BCUT2D eigenvalue weighted by Crippen LogP contribution is -2.19. The Morgan fingerprint density at radius 1 is 1.53 bits per heavy atom. The van der Waals surface area contributed by atoms with Crippen LogP contribution in [0.25, 0.3) is 0 Å². The monoisotopic (exact) mass is 234 g/mol. The molecule has 1 heterocycles. The third-order valence-electron chi connectivity index (χ3n) is 2.33. The number of aromatic nitrogens is 1. The molecule has 0 atom stereocenters. The fraction of sp³-hybridized carbons (Fsp3) is 0.417. The highest BCUT2D eigenvalue weighted by molar-refractivity contribution is 5.98. The zero-order valence-corrected chi connectivity index (χ0v) is 9.87. The average molecular weight is 234 g/mol. The summed E-state index contributed by atoms with van der Waals surface area (Å²) in [7, 11) is 0. The molecular weight excluding hydrogens is 220 g/mol. The molecule has 1 N–H and O–H groups in total. The van der Waals surface area contributed by atoms with Gasteiger partial charge in [0.15, 0.2) is 5.78 Å². The summed E-state index contributed by atoms with van der Waals surface area (Å²) >= 11 is 0. The number of hydrogen-bond donors (Lipinski definition) is 1. The van der Waals surface area contributed by atoms with Crippen molar-refractivity contribution in [3.63, 3.8) is 0 Å². The van der Waals surface area contributed by atoms with Gasteiger partial charge >= 0.3 is 0 Å². The number of nitrogens with zero attached hydrogens (tertiary/aromatic N) is 1. The Balaban J connectivity index is 3.17. The van der Waals surface area contributed by atoms with Crippen LogP contribution in [0.5, 0.6) is 0 Å². The first-order chi connectivity index (χ1) is 8.13. The molecule has 0 aliphatic heterocycles. The van der Waals surface area contributed by atoms with E-state index in [1.807, 2.05) is 6.92 Å². The molecule has 0 spiro atoms. The van der Waals surface area contributed by atoms with Crippen molar-refractivity contribution in [1.82, 2.24) is 4.98 Å². The molecule has 1 rings (SSSR count). The van der Waals surface area contributed by atoms with Gasteiger partial charge in [-0.2, -0.15) is 5.26 Å². The van der Waals surface area contributed by atoms with Gasteiger partial charge in [-0.3, -0.25) is 9.59 Å². The van der Waals surface area contributed by atoms with E-state index in [1.54, 1.807) is 13.0 Å². The lowest BCUT2D eigenvalue weighted by Gasteiger charge is -2.07. The van der Waals surface area contributed by atoms with Crippen molar-refractivity contribution >= 4 is 5.78 Å². The molecule has 0 saturated heterocycles. The van der Waals surface area contributed by atoms with E-state index in [4.69, 9.17) is 10.00 Å². The lowest BCUT2D eigenvalue weighted by molar-refractivity contribution is 0.0782. The zero-order chi connectivity index (χ0) is 12.8. The van der Waals surface area contributed by atoms with Gasteiger partial charge in [-0.25, -0.2) is 0 Å². The number of hydrogen-bond acceptors (Lipinski definition) is 4. The summed E-state index contributed by atoms with van der Waals surface area (Å²) in [5.74, 6) is -0.226. The van der Waals surface area contributed by atoms with Gasteiger partial charge in [0, 0.05) is 17.9 Å². The predicted molar refractivity (Wildman–Crippen MR) is 62.0 cm³/mol. The molecule has 5 nitrogen and oxygen atoms in total. The maximum absolute atomic E-state index is 11.8. The van der Waals surface area contributed by atoms with E-state index < -0.39 is 5.56 Å². The Kier molecular flexibility index (Phi) is 4.61. The number of H-pyrrole nitrogens is 1. The van der Waals surface area contributed by atoms with Crippen LogP contribution >= 0.6 is 0 Å². The number of nitriles is 1. The van der Waals surface area contributed by atoms with Gasteiger partial charge in [0.25, 0.3) is 5.56 Å². The molecule has 90 valence electrons. The van der Waals surface area contributed by atoms with Crippen LogP contribution < -0.4 is 5.56 Å². The molecule has 1 aromatic rings. The Bertz CT molecular complexity index is 511. The summed E-state index contributed by atoms with van der Waals surface area (Å²) in [6, 6.07) is 3.09. The summed E-state index contributed by atoms with van der Waals surface area (Å²) in [4.78, 5) is 25.8. The second-order valence-corrected chi connectivity index (χ2v) is 3.43. The number of ether oxygens (including phenoxy) is 1. The van der Waals surface area contributed by atoms with E-state index in [1.165, 1.54) is 6.07 Å². The van der Waals surface area contributed by atoms with Crippen LogP contribution in [0.2, 0.25) is 0 Å². The van der Waals surface area contributed by atoms with E-state index in [9.17, 15) is 9.59 Å². The van der Waals surface area contributed by atoms with E-state index in [0.29, 0.717) is 24.3 Å². The lowest BCUT2D eigenvalue weighted by atomic mass is 10.1. The summed E-state index contributed by atoms with van der Waals surface area (Å²) in [6.45, 7) is 4.03. The molecular formula is C12H14N2O3. The smallest absolute Gasteiger partial charge is 0.266 e. The maximum atomic E-state index is 11.8. The molecule has 0 saturated carbocycles. The van der Waals surface area contributed by atoms with Crippen molar-refractivity contribution in [1.29, 1.82) is 5.26 Å². The number of aryl methyl sites for hydroxylation is 1. The van der Waals surface area contributed by atoms with Gasteiger partial charge in [0.05, 0.1) is 0 Å². The van der Waals surface area contributed by atoms with Gasteiger partial charge in [0.2, 0.25) is 0 Å². The number of pyridine rings is 1. The standard InChI is InChI=1S/C12H14N2O3/c1-3-10-9(11(15)7-17-4-2)5-8(6-13)12(16)14-10/h5H,3-4,7H2,1-2H3,(H,14,16). The Labute approximate surface area is 99.0 Å². The molecule has 17 heavy (non-hydrogen) atoms. The van der Waals surface area contributed by atoms with Crippen molar-refractivity contribution < 1.29 is 9.53 Å². The second kappa shape index (κ2) is 5.97. The highest BCUT2D eigenvalue weighted by Crippen LogP contribution is 2.08. The minimum Gasteiger partial charge on any atom is -0.374 e. The van der Waals surface area contributed by atoms with Gasteiger partial charge in [0.1, 0.15) is 18.2 Å². The summed E-state index contributed by atoms with van der Waals surface area (Å²) in [5, 5.41) is 8.75. The van der Waals surface area contributed by atoms with E-state index >= 15 is 0 Å². The highest BCUT2D eigenvalue weighted by atomic mass is 16.5. The van der Waals surface area contributed by atoms with Gasteiger partial charge in [-0.05, 0) is 19.4 Å². The molecule has 0 aliphatic rings. The van der Waals surface area contributed by atoms with Crippen LogP contribution in [-0.2, 0) is 11.2 Å². The molecule has 0 aliphatic carbocycles. The van der Waals surface area contributed by atoms with E-state index in [2.05, 4.69) is 4.98 Å². The number of rotatable bonds is 5. The molecule has 0 fully saturated rings. The predicted octanol–water partition coefficient (Wildman–Crippen LogP) is 1.03. The second-order valence-electron chi connectivity index (χ2n) is 3.43. The van der Waals surface area contributed by atoms with Crippen molar-refractivity contribution in [2.75, 3.05) is 13.2 Å². The first-order valence-corrected chi connectivity index (χ1v) is 5.41. The van der Waals surface area contributed by atoms with Crippen molar-refractivity contribution in [2.24, 2.45) is 0 Å². The van der Waals surface area contributed by atoms with E-state index in [0.717, 1.165) is 0 Å². The van der Waals surface area contributed by atoms with Crippen LogP contribution in [0.1, 0.15) is 35.5 Å². The number of ketones is 1. The van der Waals surface area contributed by atoms with Crippen LogP contribution in [0.4, 0.5) is 0 Å². The average Bonchev–Trinajstić information content (AvgIpc) is 2.35. The minimum atomic E-state index is -0.461. The summed E-state index contributed by atoms with van der Waals surface area (Å²) in [6.07, 6.45) is 0.522. The summed E-state index contributed by atoms with van der Waals surface area (Å²) < 4.78 is 5.03.